The van der Waals surface area contributed by atoms with Crippen molar-refractivity contribution in [1.82, 2.24) is 4.98 Å². The van der Waals surface area contributed by atoms with Crippen LogP contribution in [0, 0.1) is 17.3 Å². The number of pyridine rings is 1. The average Bonchev–Trinajstić information content (AvgIpc) is 3.37. The van der Waals surface area contributed by atoms with E-state index in [1.807, 2.05) is 19.4 Å². The first-order valence-electron chi connectivity index (χ1n) is 14.7. The van der Waals surface area contributed by atoms with Gasteiger partial charge in [0.1, 0.15) is 12.6 Å². The molecule has 3 fully saturated rings. The van der Waals surface area contributed by atoms with Gasteiger partial charge in [-0.1, -0.05) is 45.1 Å². The van der Waals surface area contributed by atoms with Gasteiger partial charge in [-0.2, -0.15) is 4.65 Å². The minimum Gasteiger partial charge on any atom is -0.359 e. The van der Waals surface area contributed by atoms with Crippen molar-refractivity contribution in [2.75, 3.05) is 13.6 Å². The number of aromatic nitrogens is 1. The van der Waals surface area contributed by atoms with Crippen LogP contribution >= 0.6 is 0 Å². The number of hydrogen-bond acceptors (Lipinski definition) is 3. The molecule has 4 heteroatoms. The number of allylic oxidation sites excluding steroid dienone is 1. The summed E-state index contributed by atoms with van der Waals surface area (Å²) in [5.41, 5.74) is 4.32. The van der Waals surface area contributed by atoms with Crippen molar-refractivity contribution in [1.29, 1.82) is 0 Å². The number of ether oxygens (including phenoxy) is 1. The molecular weight excluding hydrogens is 456 g/mol. The van der Waals surface area contributed by atoms with Gasteiger partial charge in [0.05, 0.1) is 18.2 Å². The molecule has 2 aromatic rings. The van der Waals surface area contributed by atoms with Crippen molar-refractivity contribution in [2.45, 2.75) is 95.3 Å². The second-order valence-corrected chi connectivity index (χ2v) is 13.9. The van der Waals surface area contributed by atoms with Crippen LogP contribution in [-0.2, 0) is 4.74 Å². The quantitative estimate of drug-likeness (QED) is 0.354. The molecule has 0 amide bonds. The standard InChI is InChI=1S/C33H43N2O2/c1-22(2)21-35(4,36)28-8-7-26-18-27-11-13-31(3)29(24-6-5-23-12-16-34-20-25(23)17-24)9-10-30(31)33(27)15-14-32(26,19-28)37-33/h5-6,11-12,16-18,20,22,28-30,36H,7-10,13-15,19,21H2,1-4H3/q+1/t28?,29?,30-,31?,32-,33-,35?/m1/s1. The van der Waals surface area contributed by atoms with Gasteiger partial charge in [-0.25, -0.2) is 5.21 Å². The van der Waals surface area contributed by atoms with Crippen molar-refractivity contribution >= 4 is 10.8 Å². The molecule has 0 radical (unpaired) electrons. The van der Waals surface area contributed by atoms with Crippen LogP contribution in [0.25, 0.3) is 10.8 Å². The second kappa shape index (κ2) is 8.00. The van der Waals surface area contributed by atoms with Gasteiger partial charge in [0, 0.05) is 36.5 Å². The minimum absolute atomic E-state index is 0.131. The van der Waals surface area contributed by atoms with Crippen LogP contribution in [-0.4, -0.2) is 45.7 Å². The monoisotopic (exact) mass is 499 g/mol. The lowest BCUT2D eigenvalue weighted by Gasteiger charge is -2.55. The van der Waals surface area contributed by atoms with E-state index in [-0.39, 0.29) is 27.3 Å². The summed E-state index contributed by atoms with van der Waals surface area (Å²) in [5.74, 6) is 1.56. The lowest BCUT2D eigenvalue weighted by molar-refractivity contribution is -1.11. The number of fused-ring (bicyclic) bond motifs is 2. The number of nitrogens with zero attached hydrogens (tertiary/aromatic N) is 2. The zero-order valence-corrected chi connectivity index (χ0v) is 23.0. The van der Waals surface area contributed by atoms with Crippen molar-refractivity contribution in [3.8, 4) is 0 Å². The molecule has 196 valence electrons. The van der Waals surface area contributed by atoms with Crippen LogP contribution < -0.4 is 0 Å². The summed E-state index contributed by atoms with van der Waals surface area (Å²) in [6, 6.07) is 9.41. The number of hydroxylamine groups is 3. The van der Waals surface area contributed by atoms with E-state index in [4.69, 9.17) is 4.74 Å². The molecule has 2 aliphatic heterocycles. The third-order valence-corrected chi connectivity index (χ3v) is 11.2. The molecule has 7 atom stereocenters. The van der Waals surface area contributed by atoms with Crippen LogP contribution in [0.1, 0.15) is 83.6 Å². The molecule has 4 nitrogen and oxygen atoms in total. The molecule has 2 spiro atoms. The SMILES string of the molecule is CC(C)C[N+](C)(O)C1CCC2=CC3=CCC4(C)C(c5ccc6ccncc6c5)CC[C@H]4[C@@]34CC[C@]2(C1)O4. The Balaban J connectivity index is 1.22. The highest BCUT2D eigenvalue weighted by atomic mass is 16.6. The molecule has 3 heterocycles. The van der Waals surface area contributed by atoms with Crippen LogP contribution in [0.4, 0.5) is 0 Å². The summed E-state index contributed by atoms with van der Waals surface area (Å²) in [4.78, 5) is 4.38. The Morgan fingerprint density at radius 3 is 2.84 bits per heavy atom. The van der Waals surface area contributed by atoms with Crippen LogP contribution in [0.2, 0.25) is 0 Å². The van der Waals surface area contributed by atoms with E-state index < -0.39 is 0 Å². The van der Waals surface area contributed by atoms with E-state index in [9.17, 15) is 5.21 Å². The second-order valence-electron chi connectivity index (χ2n) is 13.9. The van der Waals surface area contributed by atoms with E-state index in [0.717, 1.165) is 45.1 Å². The normalized spacial score (nSPS) is 40.0. The maximum Gasteiger partial charge on any atom is 0.122 e. The first kappa shape index (κ1) is 24.1. The molecule has 7 rings (SSSR count). The van der Waals surface area contributed by atoms with E-state index in [1.54, 1.807) is 0 Å². The van der Waals surface area contributed by atoms with Gasteiger partial charge >= 0.3 is 0 Å². The Hall–Kier alpha value is -2.01. The molecule has 1 aromatic carbocycles. The van der Waals surface area contributed by atoms with E-state index >= 15 is 0 Å². The number of benzene rings is 1. The fourth-order valence-electron chi connectivity index (χ4n) is 9.61. The molecule has 37 heavy (non-hydrogen) atoms. The Morgan fingerprint density at radius 1 is 1.14 bits per heavy atom. The third kappa shape index (κ3) is 3.41. The van der Waals surface area contributed by atoms with Crippen molar-refractivity contribution in [3.05, 3.63) is 65.5 Å². The molecular formula is C33H43N2O2+. The summed E-state index contributed by atoms with van der Waals surface area (Å²) in [6.45, 7) is 7.78. The minimum atomic E-state index is -0.176. The Kier molecular flexibility index (Phi) is 5.20. The van der Waals surface area contributed by atoms with Crippen molar-refractivity contribution < 1.29 is 14.6 Å². The molecule has 1 aromatic heterocycles. The summed E-state index contributed by atoms with van der Waals surface area (Å²) in [7, 11) is 2.02. The first-order valence-corrected chi connectivity index (χ1v) is 14.7. The highest BCUT2D eigenvalue weighted by Gasteiger charge is 2.67. The third-order valence-electron chi connectivity index (χ3n) is 11.2. The lowest BCUT2D eigenvalue weighted by Crippen LogP contribution is -2.59. The summed E-state index contributed by atoms with van der Waals surface area (Å²) >= 11 is 0. The van der Waals surface area contributed by atoms with Gasteiger partial charge in [0.25, 0.3) is 0 Å². The largest absolute Gasteiger partial charge is 0.359 e. The molecule has 2 saturated carbocycles. The van der Waals surface area contributed by atoms with E-state index in [0.29, 0.717) is 17.8 Å². The fourth-order valence-corrected chi connectivity index (χ4v) is 9.61. The van der Waals surface area contributed by atoms with Crippen LogP contribution in [0.5, 0.6) is 0 Å². The molecule has 2 bridgehead atoms. The maximum atomic E-state index is 11.4. The Labute approximate surface area is 222 Å². The summed E-state index contributed by atoms with van der Waals surface area (Å²) in [6.07, 6.45) is 17.9. The van der Waals surface area contributed by atoms with E-state index in [2.05, 4.69) is 62.2 Å². The molecule has 1 N–H and O–H groups in total. The van der Waals surface area contributed by atoms with Crippen molar-refractivity contribution in [3.63, 3.8) is 0 Å². The number of quaternary nitrogens is 1. The van der Waals surface area contributed by atoms with E-state index in [1.165, 1.54) is 40.3 Å². The number of rotatable bonds is 4. The molecule has 5 aliphatic rings. The van der Waals surface area contributed by atoms with Gasteiger partial charge in [0.2, 0.25) is 0 Å². The van der Waals surface area contributed by atoms with Gasteiger partial charge < -0.3 is 4.74 Å². The fraction of sp³-hybridized carbons (Fsp3) is 0.606. The topological polar surface area (TPSA) is 42.4 Å². The number of hydrogen-bond donors (Lipinski definition) is 1. The summed E-state index contributed by atoms with van der Waals surface area (Å²) in [5, 5.41) is 13.9. The zero-order valence-electron chi connectivity index (χ0n) is 23.0. The predicted octanol–water partition coefficient (Wildman–Crippen LogP) is 7.34. The van der Waals surface area contributed by atoms with Crippen molar-refractivity contribution in [2.24, 2.45) is 17.3 Å². The predicted molar refractivity (Wildman–Crippen MR) is 147 cm³/mol. The van der Waals surface area contributed by atoms with Crippen LogP contribution in [0.15, 0.2) is 60.0 Å². The smallest absolute Gasteiger partial charge is 0.122 e. The molecule has 4 unspecified atom stereocenters. The van der Waals surface area contributed by atoms with Gasteiger partial charge in [0.15, 0.2) is 0 Å². The Bertz CT molecular complexity index is 1310. The molecule has 1 saturated heterocycles. The Morgan fingerprint density at radius 2 is 2.00 bits per heavy atom. The molecule has 3 aliphatic carbocycles. The van der Waals surface area contributed by atoms with Gasteiger partial charge in [-0.05, 0) is 90.0 Å². The average molecular weight is 500 g/mol. The highest BCUT2D eigenvalue weighted by molar-refractivity contribution is 5.82. The lowest BCUT2D eigenvalue weighted by atomic mass is 9.58. The zero-order chi connectivity index (χ0) is 25.6. The van der Waals surface area contributed by atoms with Crippen LogP contribution in [0.3, 0.4) is 0 Å². The highest BCUT2D eigenvalue weighted by Crippen LogP contribution is 2.69. The maximum absolute atomic E-state index is 11.4. The van der Waals surface area contributed by atoms with Gasteiger partial charge in [-0.15, -0.1) is 0 Å². The van der Waals surface area contributed by atoms with Gasteiger partial charge in [-0.3, -0.25) is 4.98 Å². The summed E-state index contributed by atoms with van der Waals surface area (Å²) < 4.78 is 7.61. The first-order chi connectivity index (χ1) is 17.7.